The highest BCUT2D eigenvalue weighted by molar-refractivity contribution is 5.29. The van der Waals surface area contributed by atoms with Gasteiger partial charge in [0.25, 0.3) is 0 Å². The number of aliphatic hydroxyl groups is 1. The number of halogens is 5. The highest BCUT2D eigenvalue weighted by Gasteiger charge is 2.30. The summed E-state index contributed by atoms with van der Waals surface area (Å²) in [6, 6.07) is 7.60. The molecule has 2 rings (SSSR count). The van der Waals surface area contributed by atoms with E-state index in [2.05, 4.69) is 0 Å². The van der Waals surface area contributed by atoms with Gasteiger partial charge in [-0.05, 0) is 29.3 Å². The van der Waals surface area contributed by atoms with Gasteiger partial charge in [0.1, 0.15) is 0 Å². The number of aliphatic hydroxyl groups excluding tert-OH is 1. The van der Waals surface area contributed by atoms with Crippen LogP contribution in [-0.4, -0.2) is 5.11 Å². The van der Waals surface area contributed by atoms with Gasteiger partial charge in [-0.15, -0.1) is 0 Å². The molecule has 0 aromatic heterocycles. The Kier molecular flexibility index (Phi) is 4.27. The van der Waals surface area contributed by atoms with Crippen LogP contribution in [0.5, 0.6) is 0 Å². The van der Waals surface area contributed by atoms with Crippen LogP contribution >= 0.6 is 0 Å². The van der Waals surface area contributed by atoms with E-state index in [4.69, 9.17) is 0 Å². The fourth-order valence-electron chi connectivity index (χ4n) is 1.95. The fourth-order valence-corrected chi connectivity index (χ4v) is 1.95. The Balaban J connectivity index is 2.25. The summed E-state index contributed by atoms with van der Waals surface area (Å²) < 4.78 is 64.3. The van der Waals surface area contributed by atoms with Crippen LogP contribution in [0.3, 0.4) is 0 Å². The molecule has 0 saturated carbocycles. The van der Waals surface area contributed by atoms with Crippen molar-refractivity contribution in [3.63, 3.8) is 0 Å². The van der Waals surface area contributed by atoms with Crippen LogP contribution in [-0.2, 0) is 12.6 Å². The number of benzene rings is 2. The third-order valence-corrected chi connectivity index (χ3v) is 3.04. The standard InChI is InChI=1S/C15H11F5O/c16-12-6-2-4-10(14(12)17)8-13(21)9-3-1-5-11(7-9)15(18,19)20/h1-7,13,21H,8H2. The van der Waals surface area contributed by atoms with Crippen molar-refractivity contribution in [3.8, 4) is 0 Å². The largest absolute Gasteiger partial charge is 0.416 e. The van der Waals surface area contributed by atoms with Gasteiger partial charge in [0, 0.05) is 6.42 Å². The summed E-state index contributed by atoms with van der Waals surface area (Å²) in [5, 5.41) is 9.92. The summed E-state index contributed by atoms with van der Waals surface area (Å²) in [6.45, 7) is 0. The Morgan fingerprint density at radius 1 is 1.00 bits per heavy atom. The molecule has 0 heterocycles. The van der Waals surface area contributed by atoms with Crippen LogP contribution in [0, 0.1) is 11.6 Å². The van der Waals surface area contributed by atoms with Crippen molar-refractivity contribution in [2.75, 3.05) is 0 Å². The van der Waals surface area contributed by atoms with Crippen molar-refractivity contribution in [1.82, 2.24) is 0 Å². The van der Waals surface area contributed by atoms with Gasteiger partial charge < -0.3 is 5.11 Å². The van der Waals surface area contributed by atoms with Crippen LogP contribution in [0.15, 0.2) is 42.5 Å². The van der Waals surface area contributed by atoms with Crippen LogP contribution in [0.2, 0.25) is 0 Å². The maximum Gasteiger partial charge on any atom is 0.416 e. The van der Waals surface area contributed by atoms with Crippen LogP contribution in [0.4, 0.5) is 22.0 Å². The molecule has 0 spiro atoms. The summed E-state index contributed by atoms with van der Waals surface area (Å²) in [7, 11) is 0. The summed E-state index contributed by atoms with van der Waals surface area (Å²) in [5.41, 5.74) is -1.01. The molecule has 0 aliphatic rings. The monoisotopic (exact) mass is 302 g/mol. The van der Waals surface area contributed by atoms with E-state index in [1.807, 2.05) is 0 Å². The predicted octanol–water partition coefficient (Wildman–Crippen LogP) is 4.26. The molecule has 1 atom stereocenters. The Morgan fingerprint density at radius 2 is 1.67 bits per heavy atom. The zero-order valence-corrected chi connectivity index (χ0v) is 10.7. The second kappa shape index (κ2) is 5.81. The van der Waals surface area contributed by atoms with E-state index in [0.29, 0.717) is 0 Å². The predicted molar refractivity (Wildman–Crippen MR) is 66.5 cm³/mol. The zero-order valence-electron chi connectivity index (χ0n) is 10.7. The van der Waals surface area contributed by atoms with Gasteiger partial charge in [-0.25, -0.2) is 8.78 Å². The number of alkyl halides is 3. The Morgan fingerprint density at radius 3 is 2.33 bits per heavy atom. The second-order valence-electron chi connectivity index (χ2n) is 4.56. The molecule has 2 aromatic carbocycles. The van der Waals surface area contributed by atoms with Crippen LogP contribution in [0.1, 0.15) is 22.8 Å². The molecular weight excluding hydrogens is 291 g/mol. The lowest BCUT2D eigenvalue weighted by Crippen LogP contribution is -2.09. The minimum Gasteiger partial charge on any atom is -0.388 e. The van der Waals surface area contributed by atoms with Gasteiger partial charge in [-0.1, -0.05) is 24.3 Å². The van der Waals surface area contributed by atoms with Gasteiger partial charge >= 0.3 is 6.18 Å². The first-order valence-corrected chi connectivity index (χ1v) is 6.07. The van der Waals surface area contributed by atoms with Crippen molar-refractivity contribution >= 4 is 0 Å². The molecule has 112 valence electrons. The third kappa shape index (κ3) is 3.58. The molecule has 21 heavy (non-hydrogen) atoms. The maximum absolute atomic E-state index is 13.5. The van der Waals surface area contributed by atoms with Gasteiger partial charge in [-0.3, -0.25) is 0 Å². The summed E-state index contributed by atoms with van der Waals surface area (Å²) in [5.74, 6) is -2.17. The van der Waals surface area contributed by atoms with E-state index in [9.17, 15) is 27.1 Å². The molecule has 6 heteroatoms. The van der Waals surface area contributed by atoms with Gasteiger partial charge in [0.15, 0.2) is 11.6 Å². The van der Waals surface area contributed by atoms with Gasteiger partial charge in [0.2, 0.25) is 0 Å². The van der Waals surface area contributed by atoms with E-state index >= 15 is 0 Å². The highest BCUT2D eigenvalue weighted by Crippen LogP contribution is 2.31. The quantitative estimate of drug-likeness (QED) is 0.840. The molecule has 0 bridgehead atoms. The molecule has 0 saturated heterocycles. The lowest BCUT2D eigenvalue weighted by molar-refractivity contribution is -0.137. The normalized spacial score (nSPS) is 13.2. The average Bonchev–Trinajstić information content (AvgIpc) is 2.43. The first-order chi connectivity index (χ1) is 9.79. The Hall–Kier alpha value is -1.95. The van der Waals surface area contributed by atoms with Gasteiger partial charge in [0.05, 0.1) is 11.7 Å². The molecule has 1 unspecified atom stereocenters. The lowest BCUT2D eigenvalue weighted by Gasteiger charge is -2.14. The molecule has 0 fully saturated rings. The molecular formula is C15H11F5O. The molecule has 0 amide bonds. The molecule has 1 nitrogen and oxygen atoms in total. The van der Waals surface area contributed by atoms with E-state index in [1.54, 1.807) is 0 Å². The second-order valence-corrected chi connectivity index (χ2v) is 4.56. The van der Waals surface area contributed by atoms with Gasteiger partial charge in [-0.2, -0.15) is 13.2 Å². The first kappa shape index (κ1) is 15.4. The topological polar surface area (TPSA) is 20.2 Å². The first-order valence-electron chi connectivity index (χ1n) is 6.07. The van der Waals surface area contributed by atoms with Crippen molar-refractivity contribution in [1.29, 1.82) is 0 Å². The van der Waals surface area contributed by atoms with Crippen LogP contribution in [0.25, 0.3) is 0 Å². The average molecular weight is 302 g/mol. The maximum atomic E-state index is 13.5. The van der Waals surface area contributed by atoms with Crippen molar-refractivity contribution in [2.45, 2.75) is 18.7 Å². The Labute approximate surface area is 117 Å². The summed E-state index contributed by atoms with van der Waals surface area (Å²) in [4.78, 5) is 0. The van der Waals surface area contributed by atoms with E-state index < -0.39 is 29.5 Å². The molecule has 0 aliphatic carbocycles. The van der Waals surface area contributed by atoms with Crippen molar-refractivity contribution in [3.05, 3.63) is 70.8 Å². The number of hydrogen-bond donors (Lipinski definition) is 1. The fraction of sp³-hybridized carbons (Fsp3) is 0.200. The van der Waals surface area contributed by atoms with Crippen molar-refractivity contribution < 1.29 is 27.1 Å². The van der Waals surface area contributed by atoms with E-state index in [-0.39, 0.29) is 17.5 Å². The molecule has 1 N–H and O–H groups in total. The summed E-state index contributed by atoms with van der Waals surface area (Å²) in [6.07, 6.45) is -6.20. The minimum atomic E-state index is -4.53. The smallest absolute Gasteiger partial charge is 0.388 e. The zero-order chi connectivity index (χ0) is 15.6. The number of rotatable bonds is 3. The third-order valence-electron chi connectivity index (χ3n) is 3.04. The summed E-state index contributed by atoms with van der Waals surface area (Å²) >= 11 is 0. The van der Waals surface area contributed by atoms with Crippen molar-refractivity contribution in [2.24, 2.45) is 0 Å². The van der Waals surface area contributed by atoms with Crippen LogP contribution < -0.4 is 0 Å². The minimum absolute atomic E-state index is 0.00603. The lowest BCUT2D eigenvalue weighted by atomic mass is 9.99. The molecule has 0 aliphatic heterocycles. The SMILES string of the molecule is OC(Cc1cccc(F)c1F)c1cccc(C(F)(F)F)c1. The molecule has 2 aromatic rings. The number of hydrogen-bond acceptors (Lipinski definition) is 1. The molecule has 0 radical (unpaired) electrons. The highest BCUT2D eigenvalue weighted by atomic mass is 19.4. The van der Waals surface area contributed by atoms with E-state index in [1.165, 1.54) is 18.2 Å². The van der Waals surface area contributed by atoms with E-state index in [0.717, 1.165) is 24.3 Å². The Bertz CT molecular complexity index is 636.